The molecule has 2 heteroatoms. The zero-order chi connectivity index (χ0) is 14.5. The van der Waals surface area contributed by atoms with Crippen LogP contribution in [-0.4, -0.2) is 6.54 Å². The molecule has 106 valence electrons. The van der Waals surface area contributed by atoms with Crippen molar-refractivity contribution in [1.82, 2.24) is 0 Å². The van der Waals surface area contributed by atoms with Crippen molar-refractivity contribution >= 4 is 11.6 Å². The Morgan fingerprint density at radius 1 is 1.00 bits per heavy atom. The lowest BCUT2D eigenvalue weighted by Gasteiger charge is -2.18. The Hall–Kier alpha value is -1.31. The molecule has 0 saturated carbocycles. The summed E-state index contributed by atoms with van der Waals surface area (Å²) in [4.78, 5) is 0. The molecule has 0 aliphatic rings. The van der Waals surface area contributed by atoms with Gasteiger partial charge >= 0.3 is 0 Å². The lowest BCUT2D eigenvalue weighted by atomic mass is 9.89. The first-order chi connectivity index (χ1) is 9.60. The van der Waals surface area contributed by atoms with E-state index in [4.69, 9.17) is 17.3 Å². The summed E-state index contributed by atoms with van der Waals surface area (Å²) in [6.45, 7) is 5.05. The zero-order valence-corrected chi connectivity index (χ0v) is 13.0. The van der Waals surface area contributed by atoms with E-state index >= 15 is 0 Å². The van der Waals surface area contributed by atoms with Crippen LogP contribution in [0.25, 0.3) is 0 Å². The fraction of sp³-hybridized carbons (Fsp3) is 0.333. The summed E-state index contributed by atoms with van der Waals surface area (Å²) in [5, 5.41) is 0.797. The molecule has 20 heavy (non-hydrogen) atoms. The minimum atomic E-state index is 0.452. The van der Waals surface area contributed by atoms with E-state index in [0.717, 1.165) is 17.9 Å². The van der Waals surface area contributed by atoms with Gasteiger partial charge in [-0.25, -0.2) is 0 Å². The standard InChI is InChI=1S/C18H22ClN/c1-13-5-3-6-14(2)18(13)11-16(12-20)9-15-7-4-8-17(19)10-15/h3-8,10,16H,9,11-12,20H2,1-2H3. The zero-order valence-electron chi connectivity index (χ0n) is 12.2. The predicted molar refractivity (Wildman–Crippen MR) is 87.3 cm³/mol. The van der Waals surface area contributed by atoms with Crippen molar-refractivity contribution in [2.75, 3.05) is 6.54 Å². The third-order valence-corrected chi connectivity index (χ3v) is 4.12. The van der Waals surface area contributed by atoms with E-state index in [1.54, 1.807) is 0 Å². The van der Waals surface area contributed by atoms with E-state index in [0.29, 0.717) is 12.5 Å². The first-order valence-corrected chi connectivity index (χ1v) is 7.47. The van der Waals surface area contributed by atoms with E-state index in [9.17, 15) is 0 Å². The van der Waals surface area contributed by atoms with Gasteiger partial charge < -0.3 is 5.73 Å². The largest absolute Gasteiger partial charge is 0.330 e. The highest BCUT2D eigenvalue weighted by molar-refractivity contribution is 6.30. The lowest BCUT2D eigenvalue weighted by Crippen LogP contribution is -2.20. The third kappa shape index (κ3) is 3.84. The average molecular weight is 288 g/mol. The first kappa shape index (κ1) is 15.1. The molecule has 0 amide bonds. The molecule has 0 aliphatic heterocycles. The molecule has 1 atom stereocenters. The second kappa shape index (κ2) is 6.92. The smallest absolute Gasteiger partial charge is 0.0408 e. The van der Waals surface area contributed by atoms with E-state index in [1.807, 2.05) is 18.2 Å². The molecule has 0 saturated heterocycles. The van der Waals surface area contributed by atoms with Gasteiger partial charge in [0.05, 0.1) is 0 Å². The van der Waals surface area contributed by atoms with E-state index in [1.165, 1.54) is 22.3 Å². The van der Waals surface area contributed by atoms with Crippen LogP contribution in [0, 0.1) is 19.8 Å². The summed E-state index contributed by atoms with van der Waals surface area (Å²) in [6, 6.07) is 14.5. The normalized spacial score (nSPS) is 12.4. The molecule has 1 nitrogen and oxygen atoms in total. The van der Waals surface area contributed by atoms with Gasteiger partial charge in [0.15, 0.2) is 0 Å². The highest BCUT2D eigenvalue weighted by atomic mass is 35.5. The number of nitrogens with two attached hydrogens (primary N) is 1. The Labute approximate surface area is 126 Å². The maximum atomic E-state index is 6.05. The number of aryl methyl sites for hydroxylation is 2. The van der Waals surface area contributed by atoms with Crippen molar-refractivity contribution in [3.63, 3.8) is 0 Å². The monoisotopic (exact) mass is 287 g/mol. The number of rotatable bonds is 5. The van der Waals surface area contributed by atoms with Gasteiger partial charge in [-0.1, -0.05) is 41.9 Å². The highest BCUT2D eigenvalue weighted by Gasteiger charge is 2.12. The number of halogens is 1. The summed E-state index contributed by atoms with van der Waals surface area (Å²) >= 11 is 6.05. The van der Waals surface area contributed by atoms with E-state index in [-0.39, 0.29) is 0 Å². The maximum Gasteiger partial charge on any atom is 0.0408 e. The van der Waals surface area contributed by atoms with Crippen LogP contribution in [0.2, 0.25) is 5.02 Å². The Kier molecular flexibility index (Phi) is 5.22. The van der Waals surface area contributed by atoms with E-state index in [2.05, 4.69) is 38.1 Å². The van der Waals surface area contributed by atoms with Crippen LogP contribution < -0.4 is 5.73 Å². The topological polar surface area (TPSA) is 26.0 Å². The molecule has 0 spiro atoms. The van der Waals surface area contributed by atoms with Crippen molar-refractivity contribution in [2.24, 2.45) is 11.7 Å². The molecule has 0 aliphatic carbocycles. The van der Waals surface area contributed by atoms with Gasteiger partial charge in [0.2, 0.25) is 0 Å². The molecule has 2 rings (SSSR count). The van der Waals surface area contributed by atoms with Gasteiger partial charge in [0.25, 0.3) is 0 Å². The van der Waals surface area contributed by atoms with Gasteiger partial charge in [-0.05, 0) is 73.5 Å². The summed E-state index contributed by atoms with van der Waals surface area (Å²) in [6.07, 6.45) is 2.01. The quantitative estimate of drug-likeness (QED) is 0.871. The summed E-state index contributed by atoms with van der Waals surface area (Å²) < 4.78 is 0. The van der Waals surface area contributed by atoms with Crippen LogP contribution in [0.5, 0.6) is 0 Å². The molecule has 2 N–H and O–H groups in total. The number of hydrogen-bond donors (Lipinski definition) is 1. The maximum absolute atomic E-state index is 6.05. The van der Waals surface area contributed by atoms with Crippen LogP contribution >= 0.6 is 11.6 Å². The van der Waals surface area contributed by atoms with Crippen LogP contribution in [0.15, 0.2) is 42.5 Å². The molecule has 0 fully saturated rings. The molecule has 0 radical (unpaired) electrons. The average Bonchev–Trinajstić information content (AvgIpc) is 2.42. The second-order valence-electron chi connectivity index (χ2n) is 5.51. The first-order valence-electron chi connectivity index (χ1n) is 7.09. The minimum Gasteiger partial charge on any atom is -0.330 e. The van der Waals surface area contributed by atoms with Crippen molar-refractivity contribution < 1.29 is 0 Å². The van der Waals surface area contributed by atoms with Gasteiger partial charge in [-0.3, -0.25) is 0 Å². The molecular formula is C18H22ClN. The minimum absolute atomic E-state index is 0.452. The number of hydrogen-bond acceptors (Lipinski definition) is 1. The summed E-state index contributed by atoms with van der Waals surface area (Å²) in [5.41, 5.74) is 11.4. The molecule has 0 bridgehead atoms. The molecule has 2 aromatic rings. The fourth-order valence-corrected chi connectivity index (χ4v) is 2.91. The van der Waals surface area contributed by atoms with Gasteiger partial charge in [0, 0.05) is 5.02 Å². The Balaban J connectivity index is 2.13. The number of benzene rings is 2. The van der Waals surface area contributed by atoms with Gasteiger partial charge in [-0.2, -0.15) is 0 Å². The van der Waals surface area contributed by atoms with Crippen LogP contribution in [0.3, 0.4) is 0 Å². The Bertz CT molecular complexity index is 557. The van der Waals surface area contributed by atoms with Gasteiger partial charge in [-0.15, -0.1) is 0 Å². The predicted octanol–water partition coefficient (Wildman–Crippen LogP) is 4.32. The highest BCUT2D eigenvalue weighted by Crippen LogP contribution is 2.21. The lowest BCUT2D eigenvalue weighted by molar-refractivity contribution is 0.531. The molecule has 0 heterocycles. The molecule has 0 aromatic heterocycles. The third-order valence-electron chi connectivity index (χ3n) is 3.88. The Morgan fingerprint density at radius 3 is 2.25 bits per heavy atom. The fourth-order valence-electron chi connectivity index (χ4n) is 2.70. The van der Waals surface area contributed by atoms with Crippen LogP contribution in [0.4, 0.5) is 0 Å². The Morgan fingerprint density at radius 2 is 1.65 bits per heavy atom. The molecule has 2 aromatic carbocycles. The molecule has 1 unspecified atom stereocenters. The van der Waals surface area contributed by atoms with Crippen molar-refractivity contribution in [1.29, 1.82) is 0 Å². The SMILES string of the molecule is Cc1cccc(C)c1CC(CN)Cc1cccc(Cl)c1. The summed E-state index contributed by atoms with van der Waals surface area (Å²) in [5.74, 6) is 0.452. The van der Waals surface area contributed by atoms with E-state index < -0.39 is 0 Å². The van der Waals surface area contributed by atoms with Crippen molar-refractivity contribution in [2.45, 2.75) is 26.7 Å². The van der Waals surface area contributed by atoms with Crippen LogP contribution in [-0.2, 0) is 12.8 Å². The van der Waals surface area contributed by atoms with Crippen molar-refractivity contribution in [3.05, 3.63) is 69.7 Å². The van der Waals surface area contributed by atoms with Gasteiger partial charge in [0.1, 0.15) is 0 Å². The van der Waals surface area contributed by atoms with Crippen molar-refractivity contribution in [3.8, 4) is 0 Å². The summed E-state index contributed by atoms with van der Waals surface area (Å²) in [7, 11) is 0. The second-order valence-corrected chi connectivity index (χ2v) is 5.95. The van der Waals surface area contributed by atoms with Crippen LogP contribution in [0.1, 0.15) is 22.3 Å². The molecular weight excluding hydrogens is 266 g/mol.